The highest BCUT2D eigenvalue weighted by Gasteiger charge is 2.25. The molecule has 1 atom stereocenters. The molecule has 0 bridgehead atoms. The summed E-state index contributed by atoms with van der Waals surface area (Å²) in [6.07, 6.45) is 3.40. The van der Waals surface area contributed by atoms with Gasteiger partial charge in [0.25, 0.3) is 5.91 Å². The average Bonchev–Trinajstić information content (AvgIpc) is 3.10. The Labute approximate surface area is 138 Å². The van der Waals surface area contributed by atoms with Crippen molar-refractivity contribution in [1.29, 1.82) is 0 Å². The van der Waals surface area contributed by atoms with E-state index in [9.17, 15) is 9.18 Å². The van der Waals surface area contributed by atoms with E-state index in [-0.39, 0.29) is 11.7 Å². The van der Waals surface area contributed by atoms with Gasteiger partial charge in [-0.2, -0.15) is 0 Å². The fourth-order valence-electron chi connectivity index (χ4n) is 2.65. The van der Waals surface area contributed by atoms with Gasteiger partial charge in [-0.25, -0.2) is 9.37 Å². The van der Waals surface area contributed by atoms with E-state index in [1.54, 1.807) is 42.9 Å². The van der Waals surface area contributed by atoms with Crippen molar-refractivity contribution in [3.05, 3.63) is 70.9 Å². The van der Waals surface area contributed by atoms with Crippen LogP contribution in [0.15, 0.2) is 41.2 Å². The number of aryl methyl sites for hydroxylation is 3. The maximum Gasteiger partial charge on any atom is 0.257 e. The van der Waals surface area contributed by atoms with Crippen LogP contribution >= 0.6 is 0 Å². The Morgan fingerprint density at radius 1 is 1.38 bits per heavy atom. The van der Waals surface area contributed by atoms with Crippen LogP contribution < -0.4 is 5.32 Å². The molecule has 1 amide bonds. The number of amides is 1. The van der Waals surface area contributed by atoms with E-state index in [4.69, 9.17) is 4.52 Å². The van der Waals surface area contributed by atoms with Gasteiger partial charge < -0.3 is 14.4 Å². The van der Waals surface area contributed by atoms with Crippen molar-refractivity contribution in [2.24, 2.45) is 7.05 Å². The van der Waals surface area contributed by atoms with Crippen molar-refractivity contribution >= 4 is 5.91 Å². The van der Waals surface area contributed by atoms with Crippen molar-refractivity contribution in [3.8, 4) is 0 Å². The van der Waals surface area contributed by atoms with Crippen LogP contribution in [0.2, 0.25) is 0 Å². The molecular formula is C17H17FN4O2. The quantitative estimate of drug-likeness (QED) is 0.799. The predicted molar refractivity (Wildman–Crippen MR) is 84.9 cm³/mol. The van der Waals surface area contributed by atoms with Crippen molar-refractivity contribution in [3.63, 3.8) is 0 Å². The zero-order valence-electron chi connectivity index (χ0n) is 13.6. The van der Waals surface area contributed by atoms with Gasteiger partial charge in [-0.3, -0.25) is 4.79 Å². The van der Waals surface area contributed by atoms with Crippen LogP contribution in [-0.4, -0.2) is 20.6 Å². The number of nitrogens with zero attached hydrogens (tertiary/aromatic N) is 3. The molecule has 3 rings (SSSR count). The van der Waals surface area contributed by atoms with Gasteiger partial charge >= 0.3 is 0 Å². The summed E-state index contributed by atoms with van der Waals surface area (Å²) in [7, 11) is 1.82. The summed E-state index contributed by atoms with van der Waals surface area (Å²) in [5, 5.41) is 6.69. The molecule has 24 heavy (non-hydrogen) atoms. The van der Waals surface area contributed by atoms with Gasteiger partial charge in [-0.15, -0.1) is 0 Å². The number of halogens is 1. The molecular weight excluding hydrogens is 311 g/mol. The molecule has 1 aromatic carbocycles. The molecule has 0 radical (unpaired) electrons. The first kappa shape index (κ1) is 15.9. The van der Waals surface area contributed by atoms with E-state index >= 15 is 0 Å². The van der Waals surface area contributed by atoms with Gasteiger partial charge in [-0.05, 0) is 31.5 Å². The normalized spacial score (nSPS) is 12.2. The van der Waals surface area contributed by atoms with Crippen LogP contribution in [0.25, 0.3) is 0 Å². The van der Waals surface area contributed by atoms with Crippen LogP contribution in [0.3, 0.4) is 0 Å². The van der Waals surface area contributed by atoms with Crippen molar-refractivity contribution in [2.45, 2.75) is 19.9 Å². The van der Waals surface area contributed by atoms with E-state index < -0.39 is 6.04 Å². The predicted octanol–water partition coefficient (Wildman–Crippen LogP) is 2.68. The maximum absolute atomic E-state index is 13.6. The van der Waals surface area contributed by atoms with Crippen LogP contribution in [0.4, 0.5) is 4.39 Å². The fourth-order valence-corrected chi connectivity index (χ4v) is 2.65. The molecule has 6 nitrogen and oxygen atoms in total. The SMILES string of the molecule is Cc1noc(C)c1C(=O)N[C@H](c1cccc(F)c1)c1nccn1C. The molecule has 3 aromatic rings. The summed E-state index contributed by atoms with van der Waals surface area (Å²) in [6, 6.07) is 5.49. The van der Waals surface area contributed by atoms with Gasteiger partial charge in [0.2, 0.25) is 0 Å². The number of nitrogens with one attached hydrogen (secondary N) is 1. The summed E-state index contributed by atoms with van der Waals surface area (Å²) in [6.45, 7) is 3.37. The Balaban J connectivity index is 2.00. The zero-order valence-corrected chi connectivity index (χ0v) is 13.6. The Hall–Kier alpha value is -2.96. The summed E-state index contributed by atoms with van der Waals surface area (Å²) < 4.78 is 20.5. The fraction of sp³-hybridized carbons (Fsp3) is 0.235. The second kappa shape index (κ2) is 6.27. The van der Waals surface area contributed by atoms with E-state index in [1.807, 2.05) is 7.05 Å². The van der Waals surface area contributed by atoms with Crippen molar-refractivity contribution in [1.82, 2.24) is 20.0 Å². The number of rotatable bonds is 4. The number of hydrogen-bond acceptors (Lipinski definition) is 4. The van der Waals surface area contributed by atoms with Gasteiger partial charge in [0, 0.05) is 19.4 Å². The molecule has 0 saturated heterocycles. The Morgan fingerprint density at radius 3 is 2.75 bits per heavy atom. The molecule has 2 heterocycles. The zero-order chi connectivity index (χ0) is 17.3. The molecule has 0 saturated carbocycles. The lowest BCUT2D eigenvalue weighted by Gasteiger charge is -2.19. The van der Waals surface area contributed by atoms with Crippen LogP contribution in [0.1, 0.15) is 39.2 Å². The highest BCUT2D eigenvalue weighted by molar-refractivity contribution is 5.96. The molecule has 0 aliphatic rings. The van der Waals surface area contributed by atoms with Crippen molar-refractivity contribution < 1.29 is 13.7 Å². The molecule has 0 aliphatic heterocycles. The highest BCUT2D eigenvalue weighted by atomic mass is 19.1. The number of benzene rings is 1. The molecule has 2 aromatic heterocycles. The summed E-state index contributed by atoms with van der Waals surface area (Å²) in [4.78, 5) is 17.0. The number of carbonyl (C=O) groups is 1. The largest absolute Gasteiger partial charge is 0.361 e. The van der Waals surface area contributed by atoms with Crippen molar-refractivity contribution in [2.75, 3.05) is 0 Å². The van der Waals surface area contributed by atoms with Crippen LogP contribution in [0.5, 0.6) is 0 Å². The molecule has 0 spiro atoms. The lowest BCUT2D eigenvalue weighted by atomic mass is 10.0. The third-order valence-electron chi connectivity index (χ3n) is 3.83. The third kappa shape index (κ3) is 2.92. The Morgan fingerprint density at radius 2 is 2.17 bits per heavy atom. The van der Waals surface area contributed by atoms with Gasteiger partial charge in [0.15, 0.2) is 0 Å². The Kier molecular flexibility index (Phi) is 4.16. The standard InChI is InChI=1S/C17H17FN4O2/c1-10-14(11(2)24-21-10)17(23)20-15(16-19-7-8-22(16)3)12-5-4-6-13(18)9-12/h4-9,15H,1-3H3,(H,20,23)/t15-/m1/s1. The van der Waals surface area contributed by atoms with E-state index in [2.05, 4.69) is 15.5 Å². The first-order valence-electron chi connectivity index (χ1n) is 7.43. The van der Waals surface area contributed by atoms with Gasteiger partial charge in [0.05, 0.1) is 5.69 Å². The molecule has 0 unspecified atom stereocenters. The second-order valence-corrected chi connectivity index (χ2v) is 5.56. The monoisotopic (exact) mass is 328 g/mol. The van der Waals surface area contributed by atoms with E-state index in [0.29, 0.717) is 28.4 Å². The second-order valence-electron chi connectivity index (χ2n) is 5.56. The van der Waals surface area contributed by atoms with E-state index in [1.165, 1.54) is 12.1 Å². The maximum atomic E-state index is 13.6. The minimum atomic E-state index is -0.595. The molecule has 7 heteroatoms. The summed E-state index contributed by atoms with van der Waals surface area (Å²) in [5.41, 5.74) is 1.48. The Bertz CT molecular complexity index is 865. The van der Waals surface area contributed by atoms with Gasteiger partial charge in [0.1, 0.15) is 29.0 Å². The molecule has 0 aliphatic carbocycles. The smallest absolute Gasteiger partial charge is 0.257 e. The van der Waals surface area contributed by atoms with Crippen LogP contribution in [-0.2, 0) is 7.05 Å². The number of hydrogen-bond donors (Lipinski definition) is 1. The minimum Gasteiger partial charge on any atom is -0.361 e. The first-order chi connectivity index (χ1) is 11.5. The molecule has 0 fully saturated rings. The number of aromatic nitrogens is 3. The minimum absolute atomic E-state index is 0.344. The lowest BCUT2D eigenvalue weighted by Crippen LogP contribution is -2.31. The van der Waals surface area contributed by atoms with E-state index in [0.717, 1.165) is 0 Å². The lowest BCUT2D eigenvalue weighted by molar-refractivity contribution is 0.0939. The number of imidazole rings is 1. The number of carbonyl (C=O) groups excluding carboxylic acids is 1. The molecule has 1 N–H and O–H groups in total. The summed E-state index contributed by atoms with van der Waals surface area (Å²) >= 11 is 0. The highest BCUT2D eigenvalue weighted by Crippen LogP contribution is 2.23. The summed E-state index contributed by atoms with van der Waals surface area (Å²) in [5.74, 6) is 0.311. The first-order valence-corrected chi connectivity index (χ1v) is 7.43. The topological polar surface area (TPSA) is 73.0 Å². The average molecular weight is 328 g/mol. The third-order valence-corrected chi connectivity index (χ3v) is 3.83. The van der Waals surface area contributed by atoms with Crippen LogP contribution in [0, 0.1) is 19.7 Å². The van der Waals surface area contributed by atoms with Gasteiger partial charge in [-0.1, -0.05) is 17.3 Å². The molecule has 124 valence electrons.